The van der Waals surface area contributed by atoms with Gasteiger partial charge in [0, 0.05) is 30.1 Å². The van der Waals surface area contributed by atoms with Crippen molar-refractivity contribution in [3.05, 3.63) is 48.3 Å². The van der Waals surface area contributed by atoms with Crippen molar-refractivity contribution in [3.8, 4) is 11.4 Å². The highest BCUT2D eigenvalue weighted by Crippen LogP contribution is 2.19. The van der Waals surface area contributed by atoms with Crippen LogP contribution in [0.5, 0.6) is 5.75 Å². The molecule has 20 heavy (non-hydrogen) atoms. The Kier molecular flexibility index (Phi) is 4.42. The van der Waals surface area contributed by atoms with E-state index >= 15 is 0 Å². The molecule has 1 atom stereocenters. The zero-order valence-corrected chi connectivity index (χ0v) is 11.6. The van der Waals surface area contributed by atoms with Crippen LogP contribution >= 0.6 is 0 Å². The molecule has 0 spiro atoms. The minimum Gasteiger partial charge on any atom is -0.497 e. The third-order valence-corrected chi connectivity index (χ3v) is 3.10. The van der Waals surface area contributed by atoms with E-state index in [0.717, 1.165) is 17.1 Å². The van der Waals surface area contributed by atoms with Crippen molar-refractivity contribution in [2.45, 2.75) is 12.5 Å². The van der Waals surface area contributed by atoms with Gasteiger partial charge < -0.3 is 19.8 Å². The maximum Gasteiger partial charge on any atom is 0.323 e. The molecule has 2 aromatic rings. The molecule has 0 amide bonds. The van der Waals surface area contributed by atoms with Crippen LogP contribution < -0.4 is 10.5 Å². The van der Waals surface area contributed by atoms with Crippen LogP contribution in [0.25, 0.3) is 5.69 Å². The number of methoxy groups -OCH3 is 2. The number of carbonyl (C=O) groups excluding carboxylic acids is 1. The minimum atomic E-state index is -0.667. The normalized spacial score (nSPS) is 11.9. The van der Waals surface area contributed by atoms with Gasteiger partial charge in [-0.1, -0.05) is 6.07 Å². The first-order valence-corrected chi connectivity index (χ1v) is 6.29. The number of hydrogen-bond donors (Lipinski definition) is 1. The van der Waals surface area contributed by atoms with E-state index in [1.54, 1.807) is 7.11 Å². The third kappa shape index (κ3) is 3.00. The molecule has 1 aromatic heterocycles. The summed E-state index contributed by atoms with van der Waals surface area (Å²) in [6.45, 7) is 0. The van der Waals surface area contributed by atoms with Crippen LogP contribution in [0.2, 0.25) is 0 Å². The van der Waals surface area contributed by atoms with Gasteiger partial charge in [0.15, 0.2) is 0 Å². The summed E-state index contributed by atoms with van der Waals surface area (Å²) in [5.74, 6) is 0.364. The summed E-state index contributed by atoms with van der Waals surface area (Å²) < 4.78 is 11.8. The first-order valence-electron chi connectivity index (χ1n) is 6.29. The Balaban J connectivity index is 2.26. The Morgan fingerprint density at radius 2 is 2.10 bits per heavy atom. The van der Waals surface area contributed by atoms with Crippen molar-refractivity contribution in [1.29, 1.82) is 0 Å². The molecule has 0 saturated heterocycles. The molecule has 1 aromatic carbocycles. The smallest absolute Gasteiger partial charge is 0.323 e. The van der Waals surface area contributed by atoms with E-state index in [2.05, 4.69) is 4.74 Å². The molecule has 0 aliphatic carbocycles. The summed E-state index contributed by atoms with van der Waals surface area (Å²) in [4.78, 5) is 11.4. The van der Waals surface area contributed by atoms with Gasteiger partial charge in [-0.3, -0.25) is 4.79 Å². The van der Waals surface area contributed by atoms with E-state index in [4.69, 9.17) is 10.5 Å². The predicted octanol–water partition coefficient (Wildman–Crippen LogP) is 1.53. The molecular weight excluding hydrogens is 256 g/mol. The molecule has 0 fully saturated rings. The van der Waals surface area contributed by atoms with E-state index in [0.29, 0.717) is 6.42 Å². The summed E-state index contributed by atoms with van der Waals surface area (Å²) in [7, 11) is 2.96. The van der Waals surface area contributed by atoms with E-state index in [9.17, 15) is 4.79 Å². The molecule has 1 heterocycles. The molecular formula is C15H18N2O3. The molecule has 2 N–H and O–H groups in total. The quantitative estimate of drug-likeness (QED) is 0.840. The maximum atomic E-state index is 11.4. The van der Waals surface area contributed by atoms with Crippen molar-refractivity contribution in [1.82, 2.24) is 4.57 Å². The molecule has 106 valence electrons. The Bertz CT molecular complexity index is 592. The van der Waals surface area contributed by atoms with Gasteiger partial charge in [-0.05, 0) is 24.3 Å². The Morgan fingerprint density at radius 3 is 2.80 bits per heavy atom. The van der Waals surface area contributed by atoms with Gasteiger partial charge in [0.1, 0.15) is 11.8 Å². The molecule has 2 rings (SSSR count). The molecule has 5 heteroatoms. The number of nitrogens with two attached hydrogens (primary N) is 1. The lowest BCUT2D eigenvalue weighted by molar-refractivity contribution is -0.142. The second-order valence-electron chi connectivity index (χ2n) is 4.40. The second-order valence-corrected chi connectivity index (χ2v) is 4.40. The predicted molar refractivity (Wildman–Crippen MR) is 76.0 cm³/mol. The summed E-state index contributed by atoms with van der Waals surface area (Å²) >= 11 is 0. The molecule has 0 aliphatic rings. The molecule has 0 aliphatic heterocycles. The zero-order chi connectivity index (χ0) is 14.5. The van der Waals surface area contributed by atoms with Gasteiger partial charge in [-0.25, -0.2) is 0 Å². The largest absolute Gasteiger partial charge is 0.497 e. The molecule has 5 nitrogen and oxygen atoms in total. The van der Waals surface area contributed by atoms with Crippen LogP contribution in [0.3, 0.4) is 0 Å². The lowest BCUT2D eigenvalue weighted by Crippen LogP contribution is -2.34. The Labute approximate surface area is 117 Å². The van der Waals surface area contributed by atoms with Crippen LogP contribution in [-0.4, -0.2) is 30.8 Å². The highest BCUT2D eigenvalue weighted by atomic mass is 16.5. The number of benzene rings is 1. The fourth-order valence-corrected chi connectivity index (χ4v) is 2.05. The first-order chi connectivity index (χ1) is 9.65. The van der Waals surface area contributed by atoms with Crippen molar-refractivity contribution in [3.63, 3.8) is 0 Å². The SMILES string of the molecule is COC(=O)C(N)Cc1cccn1-c1cccc(OC)c1. The van der Waals surface area contributed by atoms with Gasteiger partial charge in [0.05, 0.1) is 14.2 Å². The van der Waals surface area contributed by atoms with Crippen LogP contribution in [0.4, 0.5) is 0 Å². The van der Waals surface area contributed by atoms with Crippen LogP contribution in [-0.2, 0) is 16.0 Å². The summed E-state index contributed by atoms with van der Waals surface area (Å²) in [6, 6.07) is 10.9. The van der Waals surface area contributed by atoms with Crippen LogP contribution in [0, 0.1) is 0 Å². The minimum absolute atomic E-state index is 0.414. The fourth-order valence-electron chi connectivity index (χ4n) is 2.05. The third-order valence-electron chi connectivity index (χ3n) is 3.10. The molecule has 0 radical (unpaired) electrons. The van der Waals surface area contributed by atoms with E-state index in [1.165, 1.54) is 7.11 Å². The van der Waals surface area contributed by atoms with Crippen molar-refractivity contribution >= 4 is 5.97 Å². The molecule has 0 saturated carbocycles. The average Bonchev–Trinajstić information content (AvgIpc) is 2.94. The second kappa shape index (κ2) is 6.25. The van der Waals surface area contributed by atoms with Gasteiger partial charge in [-0.15, -0.1) is 0 Å². The van der Waals surface area contributed by atoms with Crippen molar-refractivity contribution < 1.29 is 14.3 Å². The van der Waals surface area contributed by atoms with E-state index < -0.39 is 12.0 Å². The van der Waals surface area contributed by atoms with Gasteiger partial charge in [-0.2, -0.15) is 0 Å². The maximum absolute atomic E-state index is 11.4. The topological polar surface area (TPSA) is 66.5 Å². The van der Waals surface area contributed by atoms with Crippen LogP contribution in [0.15, 0.2) is 42.6 Å². The van der Waals surface area contributed by atoms with Crippen molar-refractivity contribution in [2.75, 3.05) is 14.2 Å². The molecule has 1 unspecified atom stereocenters. The number of esters is 1. The highest BCUT2D eigenvalue weighted by molar-refractivity contribution is 5.75. The monoisotopic (exact) mass is 274 g/mol. The van der Waals surface area contributed by atoms with Gasteiger partial charge in [0.2, 0.25) is 0 Å². The van der Waals surface area contributed by atoms with E-state index in [1.807, 2.05) is 47.2 Å². The fraction of sp³-hybridized carbons (Fsp3) is 0.267. The summed E-state index contributed by atoms with van der Waals surface area (Å²) in [5.41, 5.74) is 7.71. The number of rotatable bonds is 5. The van der Waals surface area contributed by atoms with Gasteiger partial charge >= 0.3 is 5.97 Å². The number of carbonyl (C=O) groups is 1. The number of aromatic nitrogens is 1. The Hall–Kier alpha value is -2.27. The van der Waals surface area contributed by atoms with Crippen molar-refractivity contribution in [2.24, 2.45) is 5.73 Å². The summed E-state index contributed by atoms with van der Waals surface area (Å²) in [6.07, 6.45) is 2.34. The standard InChI is InChI=1S/C15H18N2O3/c1-19-13-7-3-5-11(9-13)17-8-4-6-12(17)10-14(16)15(18)20-2/h3-9,14H,10,16H2,1-2H3. The molecule has 0 bridgehead atoms. The summed E-state index contributed by atoms with van der Waals surface area (Å²) in [5, 5.41) is 0. The highest BCUT2D eigenvalue weighted by Gasteiger charge is 2.16. The average molecular weight is 274 g/mol. The van der Waals surface area contributed by atoms with E-state index in [-0.39, 0.29) is 0 Å². The number of hydrogen-bond acceptors (Lipinski definition) is 4. The lowest BCUT2D eigenvalue weighted by atomic mass is 10.1. The Morgan fingerprint density at radius 1 is 1.30 bits per heavy atom. The number of ether oxygens (including phenoxy) is 2. The first kappa shape index (κ1) is 14.1. The van der Waals surface area contributed by atoms with Gasteiger partial charge in [0.25, 0.3) is 0 Å². The number of nitrogens with zero attached hydrogens (tertiary/aromatic N) is 1. The zero-order valence-electron chi connectivity index (χ0n) is 11.6. The lowest BCUT2D eigenvalue weighted by Gasteiger charge is -2.13. The van der Waals surface area contributed by atoms with Crippen LogP contribution in [0.1, 0.15) is 5.69 Å².